The van der Waals surface area contributed by atoms with Gasteiger partial charge in [0.25, 0.3) is 0 Å². The van der Waals surface area contributed by atoms with Crippen LogP contribution in [0.15, 0.2) is 109 Å². The largest absolute Gasteiger partial charge is 0.545 e. The van der Waals surface area contributed by atoms with Crippen LogP contribution >= 0.6 is 0 Å². The second kappa shape index (κ2) is 58.1. The van der Waals surface area contributed by atoms with Crippen molar-refractivity contribution in [2.45, 2.75) is 257 Å². The highest BCUT2D eigenvalue weighted by molar-refractivity contribution is 5.70. The molecule has 2 unspecified atom stereocenters. The van der Waals surface area contributed by atoms with Gasteiger partial charge >= 0.3 is 11.9 Å². The van der Waals surface area contributed by atoms with Crippen molar-refractivity contribution in [2.24, 2.45) is 0 Å². The normalized spacial score (nSPS) is 13.5. The number of carboxylic acid groups (broad SMARTS) is 1. The Labute approximate surface area is 473 Å². The third-order valence-electron chi connectivity index (χ3n) is 13.0. The minimum absolute atomic E-state index is 0.143. The van der Waals surface area contributed by atoms with Gasteiger partial charge in [0, 0.05) is 12.8 Å². The van der Waals surface area contributed by atoms with E-state index in [4.69, 9.17) is 18.9 Å². The zero-order chi connectivity index (χ0) is 56.2. The highest BCUT2D eigenvalue weighted by Crippen LogP contribution is 2.16. The fourth-order valence-corrected chi connectivity index (χ4v) is 8.25. The second-order valence-corrected chi connectivity index (χ2v) is 21.6. The first-order valence-corrected chi connectivity index (χ1v) is 31.0. The van der Waals surface area contributed by atoms with Gasteiger partial charge in [0.15, 0.2) is 12.4 Å². The van der Waals surface area contributed by atoms with Crippen LogP contribution in [0.4, 0.5) is 0 Å². The van der Waals surface area contributed by atoms with Crippen LogP contribution < -0.4 is 5.11 Å². The molecule has 0 aliphatic heterocycles. The maximum Gasteiger partial charge on any atom is 0.306 e. The van der Waals surface area contributed by atoms with Crippen LogP contribution in [0.2, 0.25) is 0 Å². The minimum atomic E-state index is -1.63. The molecule has 0 saturated heterocycles. The van der Waals surface area contributed by atoms with Crippen LogP contribution in [0, 0.1) is 0 Å². The molecule has 0 aromatic heterocycles. The van der Waals surface area contributed by atoms with Gasteiger partial charge in [0.2, 0.25) is 0 Å². The lowest BCUT2D eigenvalue weighted by Crippen LogP contribution is -2.44. The minimum Gasteiger partial charge on any atom is -0.545 e. The van der Waals surface area contributed by atoms with E-state index in [-0.39, 0.29) is 38.6 Å². The number of hydrogen-bond donors (Lipinski definition) is 0. The summed E-state index contributed by atoms with van der Waals surface area (Å²) in [4.78, 5) is 37.2. The molecule has 9 nitrogen and oxygen atoms in total. The third kappa shape index (κ3) is 59.5. The first kappa shape index (κ1) is 73.0. The van der Waals surface area contributed by atoms with E-state index in [2.05, 4.69) is 123 Å². The average molecular weight is 1070 g/mol. The van der Waals surface area contributed by atoms with Crippen LogP contribution in [-0.4, -0.2) is 82.3 Å². The molecule has 0 radical (unpaired) electrons. The molecule has 2 atom stereocenters. The van der Waals surface area contributed by atoms with Gasteiger partial charge in [0.05, 0.1) is 40.3 Å². The second-order valence-electron chi connectivity index (χ2n) is 21.6. The van der Waals surface area contributed by atoms with Gasteiger partial charge in [-0.05, 0) is 103 Å². The number of carboxylic acids is 1. The summed E-state index contributed by atoms with van der Waals surface area (Å²) in [5, 5.41) is 11.8. The number of carbonyl (C=O) groups excluding carboxylic acids is 3. The Balaban J connectivity index is 4.07. The zero-order valence-electron chi connectivity index (χ0n) is 50.0. The number of unbranched alkanes of at least 4 members (excludes halogenated alkanes) is 23. The van der Waals surface area contributed by atoms with E-state index in [1.165, 1.54) is 103 Å². The van der Waals surface area contributed by atoms with Crippen LogP contribution in [0.25, 0.3) is 0 Å². The fraction of sp³-hybridized carbons (Fsp3) is 0.691. The highest BCUT2D eigenvalue weighted by atomic mass is 16.7. The lowest BCUT2D eigenvalue weighted by molar-refractivity contribution is -0.870. The molecule has 0 bridgehead atoms. The Hall–Kier alpha value is -4.05. The summed E-state index contributed by atoms with van der Waals surface area (Å²) in [6.07, 6.45) is 77.3. The maximum atomic E-state index is 12.9. The average Bonchev–Trinajstić information content (AvgIpc) is 3.40. The van der Waals surface area contributed by atoms with Crippen molar-refractivity contribution in [3.05, 3.63) is 109 Å². The summed E-state index contributed by atoms with van der Waals surface area (Å²) in [5.74, 6) is -2.30. The van der Waals surface area contributed by atoms with Crippen molar-refractivity contribution in [3.8, 4) is 0 Å². The predicted molar refractivity (Wildman–Crippen MR) is 324 cm³/mol. The number of esters is 2. The molecule has 440 valence electrons. The number of quaternary nitrogens is 1. The molecule has 0 aliphatic rings. The summed E-state index contributed by atoms with van der Waals surface area (Å²) in [6.45, 7) is 4.60. The van der Waals surface area contributed by atoms with E-state index < -0.39 is 24.3 Å². The number of allylic oxidation sites excluding steroid dienone is 18. The molecule has 0 saturated carbocycles. The van der Waals surface area contributed by atoms with E-state index in [0.717, 1.165) is 109 Å². The summed E-state index contributed by atoms with van der Waals surface area (Å²) < 4.78 is 22.7. The number of likely N-dealkylation sites (N-methyl/N-ethyl adjacent to an activating group) is 1. The highest BCUT2D eigenvalue weighted by Gasteiger charge is 2.22. The molecular weight excluding hydrogens is 959 g/mol. The maximum absolute atomic E-state index is 12.9. The van der Waals surface area contributed by atoms with E-state index in [9.17, 15) is 19.5 Å². The van der Waals surface area contributed by atoms with Crippen LogP contribution in [0.5, 0.6) is 0 Å². The van der Waals surface area contributed by atoms with Gasteiger partial charge in [-0.1, -0.05) is 239 Å². The molecule has 0 amide bonds. The number of carbonyl (C=O) groups is 3. The van der Waals surface area contributed by atoms with E-state index in [0.29, 0.717) is 17.4 Å². The Morgan fingerprint density at radius 3 is 1.12 bits per heavy atom. The first-order valence-electron chi connectivity index (χ1n) is 31.0. The number of ether oxygens (including phenoxy) is 4. The van der Waals surface area contributed by atoms with E-state index in [1.54, 1.807) is 0 Å². The van der Waals surface area contributed by atoms with Gasteiger partial charge in [-0.3, -0.25) is 9.59 Å². The summed E-state index contributed by atoms with van der Waals surface area (Å²) >= 11 is 0. The molecule has 0 aromatic rings. The fourth-order valence-electron chi connectivity index (χ4n) is 8.25. The van der Waals surface area contributed by atoms with Crippen molar-refractivity contribution in [2.75, 3.05) is 47.5 Å². The van der Waals surface area contributed by atoms with Gasteiger partial charge in [0.1, 0.15) is 13.2 Å². The van der Waals surface area contributed by atoms with E-state index >= 15 is 0 Å². The smallest absolute Gasteiger partial charge is 0.306 e. The number of nitrogens with zero attached hydrogens (tertiary/aromatic N) is 1. The van der Waals surface area contributed by atoms with Crippen LogP contribution in [-0.2, 0) is 33.3 Å². The zero-order valence-corrected chi connectivity index (χ0v) is 50.0. The molecule has 0 aromatic carbocycles. The predicted octanol–water partition coefficient (Wildman–Crippen LogP) is 17.3. The Bertz CT molecular complexity index is 1630. The quantitative estimate of drug-likeness (QED) is 0.0195. The van der Waals surface area contributed by atoms with Gasteiger partial charge in [-0.2, -0.15) is 0 Å². The first-order chi connectivity index (χ1) is 37.6. The van der Waals surface area contributed by atoms with Crippen molar-refractivity contribution >= 4 is 17.9 Å². The monoisotopic (exact) mass is 1070 g/mol. The molecular formula is C68H115NO8. The summed E-state index contributed by atoms with van der Waals surface area (Å²) in [7, 11) is 5.91. The standard InChI is InChI=1S/C68H115NO8/c1-6-8-10-12-14-16-18-20-21-22-23-24-25-26-27-28-29-30-31-32-33-34-35-36-37-38-39-40-41-42-43-44-45-47-49-51-53-55-57-59-66(71)77-64(63-76-68(67(72)73)74-61-60-69(3,4)5)62-75-65(70)58-56-54-52-50-48-46-19-17-15-13-11-9-7-2/h8,10,14,16-17,19-21,23-24,26-27,29-30,32-33,35-36,64,68H,6-7,9,11-13,15,18,22,25,28,31,34,37-63H2,1-5H3/b10-8-,16-14-,19-17-,21-20-,24-23-,27-26-,30-29-,33-32-,36-35-. The molecule has 9 heteroatoms. The van der Waals surface area contributed by atoms with Crippen molar-refractivity contribution in [1.29, 1.82) is 0 Å². The molecule has 0 rings (SSSR count). The van der Waals surface area contributed by atoms with Crippen LogP contribution in [0.1, 0.15) is 245 Å². The van der Waals surface area contributed by atoms with Gasteiger partial charge in [-0.15, -0.1) is 0 Å². The molecule has 0 spiro atoms. The van der Waals surface area contributed by atoms with Crippen LogP contribution in [0.3, 0.4) is 0 Å². The Kier molecular flexibility index (Phi) is 55.1. The Morgan fingerprint density at radius 1 is 0.403 bits per heavy atom. The lowest BCUT2D eigenvalue weighted by Gasteiger charge is -2.26. The third-order valence-corrected chi connectivity index (χ3v) is 13.0. The molecule has 0 N–H and O–H groups in total. The summed E-state index contributed by atoms with van der Waals surface area (Å²) in [6, 6.07) is 0. The topological polar surface area (TPSA) is 111 Å². The summed E-state index contributed by atoms with van der Waals surface area (Å²) in [5.41, 5.74) is 0. The SMILES string of the molecule is CC/C=C\C/C=C\C/C=C\C/C=C\C/C=C\C/C=C\C/C=C\C/C=C\CCCCCCCCCCCCCCCCC(=O)OC(COC(=O)CCCCCCC/C=C\CCCCCC)COC(OCC[N+](C)(C)C)C(=O)[O-]. The molecule has 0 aliphatic carbocycles. The molecule has 0 fully saturated rings. The van der Waals surface area contributed by atoms with Crippen molar-refractivity contribution in [3.63, 3.8) is 0 Å². The number of hydrogen-bond acceptors (Lipinski definition) is 8. The van der Waals surface area contributed by atoms with Crippen molar-refractivity contribution in [1.82, 2.24) is 0 Å². The van der Waals surface area contributed by atoms with Gasteiger partial charge < -0.3 is 33.3 Å². The molecule has 77 heavy (non-hydrogen) atoms. The Morgan fingerprint density at radius 2 is 0.740 bits per heavy atom. The lowest BCUT2D eigenvalue weighted by atomic mass is 10.0. The van der Waals surface area contributed by atoms with Gasteiger partial charge in [-0.25, -0.2) is 0 Å². The number of aliphatic carboxylic acids is 1. The number of rotatable bonds is 56. The van der Waals surface area contributed by atoms with Crippen molar-refractivity contribution < 1.29 is 42.9 Å². The molecule has 0 heterocycles. The van der Waals surface area contributed by atoms with E-state index in [1.807, 2.05) is 21.1 Å².